The number of carboxylic acids is 1. The monoisotopic (exact) mass is 468 g/mol. The van der Waals surface area contributed by atoms with Gasteiger partial charge in [-0.1, -0.05) is 43.8 Å². The maximum absolute atomic E-state index is 13.0. The fourth-order valence-corrected chi connectivity index (χ4v) is 5.37. The maximum Gasteiger partial charge on any atom is 0.326 e. The number of nitrogens with one attached hydrogen (secondary N) is 1. The van der Waals surface area contributed by atoms with Crippen molar-refractivity contribution in [1.29, 1.82) is 0 Å². The number of carbonyl (C=O) groups excluding carboxylic acids is 3. The van der Waals surface area contributed by atoms with E-state index in [2.05, 4.69) is 5.32 Å². The highest BCUT2D eigenvalue weighted by atomic mass is 32.2. The number of phenols is 1. The molecule has 0 saturated carbocycles. The Morgan fingerprint density at radius 3 is 2.52 bits per heavy atom. The number of carboxylic acid groups (broad SMARTS) is 1. The van der Waals surface area contributed by atoms with Crippen molar-refractivity contribution in [2.24, 2.45) is 5.92 Å². The minimum absolute atomic E-state index is 0.0141. The number of phenolic OH excluding ortho intramolecular Hbond substituents is 1. The van der Waals surface area contributed by atoms with Gasteiger partial charge in [-0.15, -0.1) is 11.8 Å². The van der Waals surface area contributed by atoms with Crippen LogP contribution in [0, 0.1) is 5.92 Å². The van der Waals surface area contributed by atoms with E-state index in [0.29, 0.717) is 5.56 Å². The average molecular weight is 469 g/mol. The van der Waals surface area contributed by atoms with Crippen molar-refractivity contribution in [3.63, 3.8) is 0 Å². The van der Waals surface area contributed by atoms with Crippen molar-refractivity contribution in [2.45, 2.75) is 51.1 Å². The van der Waals surface area contributed by atoms with E-state index in [-0.39, 0.29) is 47.0 Å². The molecule has 1 aliphatic heterocycles. The first kappa shape index (κ1) is 25.1. The Balaban J connectivity index is 2.26. The Morgan fingerprint density at radius 2 is 1.94 bits per heavy atom. The molecule has 2 rings (SSSR count). The summed E-state index contributed by atoms with van der Waals surface area (Å²) in [4.78, 5) is 50.2. The van der Waals surface area contributed by atoms with E-state index in [1.54, 1.807) is 18.2 Å². The first-order valence-corrected chi connectivity index (χ1v) is 12.0. The summed E-state index contributed by atoms with van der Waals surface area (Å²) in [5.74, 6) is -1.36. The number of hydrogen-bond acceptors (Lipinski definition) is 7. The van der Waals surface area contributed by atoms with Gasteiger partial charge < -0.3 is 20.4 Å². The van der Waals surface area contributed by atoms with Gasteiger partial charge in [-0.05, 0) is 18.4 Å². The molecule has 0 aromatic heterocycles. The first-order chi connectivity index (χ1) is 14.6. The van der Waals surface area contributed by atoms with Gasteiger partial charge in [-0.25, -0.2) is 4.79 Å². The van der Waals surface area contributed by atoms with Crippen LogP contribution < -0.4 is 5.32 Å². The molecule has 8 nitrogen and oxygen atoms in total. The summed E-state index contributed by atoms with van der Waals surface area (Å²) in [6.07, 6.45) is 0.320. The standard InChI is InChI=1S/C21H28N2O6S2/c1-12(2)10-15(21(28)29)22-19(27)16-11-31-20(14-6-4-5-7-17(14)25)23(16)18(26)8-9-30-13(3)24/h4-7,12,15-16,20,25H,8-11H2,1-3H3,(H,22,27)(H,28,29)/t15-,16-,20+/m0/s1. The van der Waals surface area contributed by atoms with E-state index < -0.39 is 29.3 Å². The molecule has 1 aromatic rings. The number of amides is 2. The summed E-state index contributed by atoms with van der Waals surface area (Å²) >= 11 is 2.36. The van der Waals surface area contributed by atoms with Gasteiger partial charge in [0.1, 0.15) is 23.2 Å². The molecule has 0 unspecified atom stereocenters. The second kappa shape index (κ2) is 11.4. The normalized spacial score (nSPS) is 19.3. The lowest BCUT2D eigenvalue weighted by atomic mass is 10.0. The van der Waals surface area contributed by atoms with Crippen molar-refractivity contribution < 1.29 is 29.4 Å². The minimum atomic E-state index is -1.12. The lowest BCUT2D eigenvalue weighted by Crippen LogP contribution is -2.52. The quantitative estimate of drug-likeness (QED) is 0.505. The van der Waals surface area contributed by atoms with Crippen LogP contribution >= 0.6 is 23.5 Å². The molecule has 3 atom stereocenters. The number of hydrogen-bond donors (Lipinski definition) is 3. The summed E-state index contributed by atoms with van der Waals surface area (Å²) < 4.78 is 0. The number of thioether (sulfide) groups is 2. The van der Waals surface area contributed by atoms with Crippen molar-refractivity contribution >= 4 is 46.4 Å². The molecular weight excluding hydrogens is 440 g/mol. The molecule has 1 aliphatic rings. The van der Waals surface area contributed by atoms with Gasteiger partial charge in [0, 0.05) is 30.4 Å². The minimum Gasteiger partial charge on any atom is -0.508 e. The van der Waals surface area contributed by atoms with E-state index in [1.807, 2.05) is 13.8 Å². The number of carbonyl (C=O) groups is 4. The number of nitrogens with zero attached hydrogens (tertiary/aromatic N) is 1. The van der Waals surface area contributed by atoms with E-state index >= 15 is 0 Å². The van der Waals surface area contributed by atoms with Crippen LogP contribution in [0.5, 0.6) is 5.75 Å². The maximum atomic E-state index is 13.0. The van der Waals surface area contributed by atoms with Gasteiger partial charge in [0.25, 0.3) is 0 Å². The van der Waals surface area contributed by atoms with E-state index in [1.165, 1.54) is 29.7 Å². The molecule has 0 radical (unpaired) electrons. The van der Waals surface area contributed by atoms with E-state index in [0.717, 1.165) is 11.8 Å². The predicted molar refractivity (Wildman–Crippen MR) is 121 cm³/mol. The largest absolute Gasteiger partial charge is 0.508 e. The van der Waals surface area contributed by atoms with Crippen LogP contribution in [-0.2, 0) is 19.2 Å². The number of aliphatic carboxylic acids is 1. The Labute approximate surface area is 190 Å². The number of benzene rings is 1. The highest BCUT2D eigenvalue weighted by Crippen LogP contribution is 2.44. The van der Waals surface area contributed by atoms with Crippen molar-refractivity contribution in [1.82, 2.24) is 10.2 Å². The van der Waals surface area contributed by atoms with Gasteiger partial charge in [0.2, 0.25) is 11.8 Å². The topological polar surface area (TPSA) is 124 Å². The second-order valence-corrected chi connectivity index (χ2v) is 10.1. The third kappa shape index (κ3) is 6.90. The van der Waals surface area contributed by atoms with Crippen molar-refractivity contribution in [3.8, 4) is 5.75 Å². The number of rotatable bonds is 9. The molecule has 10 heteroatoms. The molecule has 170 valence electrons. The zero-order valence-electron chi connectivity index (χ0n) is 17.7. The summed E-state index contributed by atoms with van der Waals surface area (Å²) in [5, 5.41) is 21.6. The molecule has 31 heavy (non-hydrogen) atoms. The molecular formula is C21H28N2O6S2. The molecule has 0 aliphatic carbocycles. The SMILES string of the molecule is CC(=O)SCCC(=O)N1[C@@H](c2ccccc2O)SC[C@H]1C(=O)N[C@@H](CC(C)C)C(=O)O. The number of aromatic hydroxyl groups is 1. The number of para-hydroxylation sites is 1. The van der Waals surface area contributed by atoms with Crippen LogP contribution in [0.2, 0.25) is 0 Å². The molecule has 1 aromatic carbocycles. The lowest BCUT2D eigenvalue weighted by molar-refractivity contribution is -0.144. The Morgan fingerprint density at radius 1 is 1.26 bits per heavy atom. The summed E-state index contributed by atoms with van der Waals surface area (Å²) in [6, 6.07) is 4.68. The molecule has 1 fully saturated rings. The van der Waals surface area contributed by atoms with Crippen molar-refractivity contribution in [2.75, 3.05) is 11.5 Å². The summed E-state index contributed by atoms with van der Waals surface area (Å²) in [5.41, 5.74) is 0.507. The van der Waals surface area contributed by atoms with Gasteiger partial charge >= 0.3 is 5.97 Å². The lowest BCUT2D eigenvalue weighted by Gasteiger charge is -2.30. The van der Waals surface area contributed by atoms with Crippen LogP contribution in [0.1, 0.15) is 44.6 Å². The van der Waals surface area contributed by atoms with E-state index in [9.17, 15) is 29.4 Å². The van der Waals surface area contributed by atoms with Gasteiger partial charge in [0.05, 0.1) is 0 Å². The fraction of sp³-hybridized carbons (Fsp3) is 0.524. The first-order valence-electron chi connectivity index (χ1n) is 9.99. The molecule has 1 heterocycles. The molecule has 3 N–H and O–H groups in total. The Kier molecular flexibility index (Phi) is 9.24. The molecule has 0 spiro atoms. The van der Waals surface area contributed by atoms with Crippen LogP contribution in [-0.4, -0.2) is 61.6 Å². The fourth-order valence-electron chi connectivity index (χ4n) is 3.32. The van der Waals surface area contributed by atoms with Crippen LogP contribution in [0.4, 0.5) is 0 Å². The van der Waals surface area contributed by atoms with Gasteiger partial charge in [-0.2, -0.15) is 0 Å². The molecule has 1 saturated heterocycles. The zero-order valence-corrected chi connectivity index (χ0v) is 19.4. The highest BCUT2D eigenvalue weighted by molar-refractivity contribution is 8.13. The second-order valence-electron chi connectivity index (χ2n) is 7.68. The Bertz CT molecular complexity index is 832. The average Bonchev–Trinajstić information content (AvgIpc) is 3.12. The summed E-state index contributed by atoms with van der Waals surface area (Å²) in [6.45, 7) is 5.15. The summed E-state index contributed by atoms with van der Waals surface area (Å²) in [7, 11) is 0. The molecule has 0 bridgehead atoms. The van der Waals surface area contributed by atoms with Gasteiger partial charge in [-0.3, -0.25) is 14.4 Å². The molecule has 2 amide bonds. The third-order valence-electron chi connectivity index (χ3n) is 4.74. The van der Waals surface area contributed by atoms with Crippen molar-refractivity contribution in [3.05, 3.63) is 29.8 Å². The van der Waals surface area contributed by atoms with E-state index in [4.69, 9.17) is 0 Å². The highest BCUT2D eigenvalue weighted by Gasteiger charge is 2.43. The zero-order chi connectivity index (χ0) is 23.1. The van der Waals surface area contributed by atoms with Crippen LogP contribution in [0.3, 0.4) is 0 Å². The smallest absolute Gasteiger partial charge is 0.326 e. The van der Waals surface area contributed by atoms with Crippen LogP contribution in [0.25, 0.3) is 0 Å². The van der Waals surface area contributed by atoms with Gasteiger partial charge in [0.15, 0.2) is 5.12 Å². The Hall–Kier alpha value is -2.20. The van der Waals surface area contributed by atoms with Crippen LogP contribution in [0.15, 0.2) is 24.3 Å². The third-order valence-corrected chi connectivity index (χ3v) is 6.86. The predicted octanol–water partition coefficient (Wildman–Crippen LogP) is 2.62.